The van der Waals surface area contributed by atoms with Gasteiger partial charge in [-0.15, -0.1) is 0 Å². The highest BCUT2D eigenvalue weighted by molar-refractivity contribution is 9.10. The molecular formula is C10H6BrF2O3-. The number of benzene rings is 1. The largest absolute Gasteiger partial charge is 0.542 e. The molecule has 0 fully saturated rings. The number of carboxylic acids is 1. The van der Waals surface area contributed by atoms with E-state index in [2.05, 4.69) is 20.7 Å². The predicted octanol–water partition coefficient (Wildman–Crippen LogP) is 1.46. The van der Waals surface area contributed by atoms with Gasteiger partial charge in [0.1, 0.15) is 23.4 Å². The molecule has 16 heavy (non-hydrogen) atoms. The molecular weight excluding hydrogens is 286 g/mol. The fourth-order valence-corrected chi connectivity index (χ4v) is 1.43. The molecule has 0 heterocycles. The van der Waals surface area contributed by atoms with E-state index in [1.807, 2.05) is 0 Å². The van der Waals surface area contributed by atoms with Crippen LogP contribution in [0.15, 0.2) is 22.4 Å². The van der Waals surface area contributed by atoms with E-state index in [1.54, 1.807) is 0 Å². The van der Waals surface area contributed by atoms with Gasteiger partial charge in [0.2, 0.25) is 0 Å². The normalized spacial score (nSPS) is 11.4. The van der Waals surface area contributed by atoms with Crippen LogP contribution in [0, 0.1) is 11.6 Å². The van der Waals surface area contributed by atoms with Gasteiger partial charge in [0.15, 0.2) is 0 Å². The second kappa shape index (κ2) is 5.07. The van der Waals surface area contributed by atoms with Crippen molar-refractivity contribution in [3.05, 3.63) is 39.6 Å². The van der Waals surface area contributed by atoms with Crippen LogP contribution in [0.3, 0.4) is 0 Å². The monoisotopic (exact) mass is 291 g/mol. The average molecular weight is 292 g/mol. The van der Waals surface area contributed by atoms with Crippen LogP contribution < -0.4 is 5.11 Å². The van der Waals surface area contributed by atoms with Crippen molar-refractivity contribution in [2.45, 2.75) is 0 Å². The number of hydrogen-bond acceptors (Lipinski definition) is 3. The van der Waals surface area contributed by atoms with Gasteiger partial charge in [-0.3, -0.25) is 0 Å². The molecule has 0 radical (unpaired) electrons. The minimum Gasteiger partial charge on any atom is -0.542 e. The molecule has 0 unspecified atom stereocenters. The molecule has 3 nitrogen and oxygen atoms in total. The molecule has 0 saturated carbocycles. The van der Waals surface area contributed by atoms with E-state index in [0.29, 0.717) is 0 Å². The molecule has 0 amide bonds. The SMILES string of the molecule is CO/C(=C\c1c(F)cc(Br)cc1F)C(=O)[O-]. The summed E-state index contributed by atoms with van der Waals surface area (Å²) in [5, 5.41) is 10.5. The van der Waals surface area contributed by atoms with E-state index in [0.717, 1.165) is 25.3 Å². The third-order valence-corrected chi connectivity index (χ3v) is 2.20. The standard InChI is InChI=1S/C10H7BrF2O3/c1-16-9(10(14)15)4-6-7(12)2-5(11)3-8(6)13/h2-4H,1H3,(H,14,15)/p-1/b9-4-. The molecule has 1 aromatic rings. The van der Waals surface area contributed by atoms with Gasteiger partial charge in [0.05, 0.1) is 7.11 Å². The number of ether oxygens (including phenoxy) is 1. The lowest BCUT2D eigenvalue weighted by molar-refractivity contribution is -0.302. The Morgan fingerprint density at radius 1 is 1.44 bits per heavy atom. The van der Waals surface area contributed by atoms with Gasteiger partial charge >= 0.3 is 0 Å². The maximum Gasteiger partial charge on any atom is 0.142 e. The van der Waals surface area contributed by atoms with Gasteiger partial charge in [0.25, 0.3) is 0 Å². The Morgan fingerprint density at radius 2 is 1.94 bits per heavy atom. The minimum absolute atomic E-state index is 0.215. The molecule has 0 N–H and O–H groups in total. The second-order valence-electron chi connectivity index (χ2n) is 2.78. The smallest absolute Gasteiger partial charge is 0.142 e. The van der Waals surface area contributed by atoms with Crippen molar-refractivity contribution < 1.29 is 23.4 Å². The molecule has 0 atom stereocenters. The van der Waals surface area contributed by atoms with Crippen molar-refractivity contribution in [1.82, 2.24) is 0 Å². The summed E-state index contributed by atoms with van der Waals surface area (Å²) in [6.07, 6.45) is 0.729. The first kappa shape index (κ1) is 12.6. The summed E-state index contributed by atoms with van der Waals surface area (Å²) in [5.74, 6) is -4.10. The summed E-state index contributed by atoms with van der Waals surface area (Å²) < 4.78 is 31.2. The van der Waals surface area contributed by atoms with E-state index >= 15 is 0 Å². The molecule has 0 spiro atoms. The lowest BCUT2D eigenvalue weighted by Gasteiger charge is -2.07. The molecule has 1 rings (SSSR count). The van der Waals surface area contributed by atoms with Gasteiger partial charge in [-0.1, -0.05) is 15.9 Å². The van der Waals surface area contributed by atoms with Gasteiger partial charge in [0, 0.05) is 10.0 Å². The molecule has 1 aromatic carbocycles. The highest BCUT2D eigenvalue weighted by Crippen LogP contribution is 2.21. The molecule has 0 aliphatic carbocycles. The van der Waals surface area contributed by atoms with Crippen LogP contribution >= 0.6 is 15.9 Å². The molecule has 0 aliphatic heterocycles. The summed E-state index contributed by atoms with van der Waals surface area (Å²) >= 11 is 2.90. The summed E-state index contributed by atoms with van der Waals surface area (Å²) in [6.45, 7) is 0. The van der Waals surface area contributed by atoms with Crippen molar-refractivity contribution in [3.63, 3.8) is 0 Å². The van der Waals surface area contributed by atoms with E-state index in [4.69, 9.17) is 0 Å². The van der Waals surface area contributed by atoms with Crippen molar-refractivity contribution in [3.8, 4) is 0 Å². The number of carbonyl (C=O) groups excluding carboxylic acids is 1. The Labute approximate surface area is 98.5 Å². The lowest BCUT2D eigenvalue weighted by Crippen LogP contribution is -2.25. The highest BCUT2D eigenvalue weighted by atomic mass is 79.9. The van der Waals surface area contributed by atoms with Crippen molar-refractivity contribution in [2.75, 3.05) is 7.11 Å². The minimum atomic E-state index is -1.65. The van der Waals surface area contributed by atoms with Crippen molar-refractivity contribution >= 4 is 28.0 Å². The number of carbonyl (C=O) groups is 1. The van der Waals surface area contributed by atoms with Crippen molar-refractivity contribution in [1.29, 1.82) is 0 Å². The first-order valence-corrected chi connectivity index (χ1v) is 4.86. The van der Waals surface area contributed by atoms with Crippen LogP contribution in [-0.4, -0.2) is 13.1 Å². The summed E-state index contributed by atoms with van der Waals surface area (Å²) in [5.41, 5.74) is -0.496. The Morgan fingerprint density at radius 3 is 2.31 bits per heavy atom. The van der Waals surface area contributed by atoms with Crippen LogP contribution in [0.25, 0.3) is 6.08 Å². The molecule has 0 aromatic heterocycles. The zero-order valence-corrected chi connectivity index (χ0v) is 9.68. The number of rotatable bonds is 3. The molecule has 6 heteroatoms. The van der Waals surface area contributed by atoms with Crippen LogP contribution in [0.2, 0.25) is 0 Å². The number of aliphatic carboxylic acids is 1. The number of hydrogen-bond donors (Lipinski definition) is 0. The van der Waals surface area contributed by atoms with Gasteiger partial charge < -0.3 is 14.6 Å². The number of methoxy groups -OCH3 is 1. The number of halogens is 3. The fraction of sp³-hybridized carbons (Fsp3) is 0.100. The van der Waals surface area contributed by atoms with Crippen LogP contribution in [0.4, 0.5) is 8.78 Å². The molecule has 0 saturated heterocycles. The van der Waals surface area contributed by atoms with E-state index in [-0.39, 0.29) is 4.47 Å². The summed E-state index contributed by atoms with van der Waals surface area (Å²) in [4.78, 5) is 10.5. The first-order chi connectivity index (χ1) is 7.45. The van der Waals surface area contributed by atoms with Crippen LogP contribution in [-0.2, 0) is 9.53 Å². The average Bonchev–Trinajstić information content (AvgIpc) is 2.15. The molecule has 0 bridgehead atoms. The highest BCUT2D eigenvalue weighted by Gasteiger charge is 2.10. The summed E-state index contributed by atoms with van der Waals surface area (Å²) in [6, 6.07) is 2.02. The Kier molecular flexibility index (Phi) is 4.00. The maximum absolute atomic E-state index is 13.3. The Balaban J connectivity index is 3.29. The molecule has 86 valence electrons. The first-order valence-electron chi connectivity index (χ1n) is 4.07. The topological polar surface area (TPSA) is 49.4 Å². The third kappa shape index (κ3) is 2.79. The zero-order chi connectivity index (χ0) is 12.3. The summed E-state index contributed by atoms with van der Waals surface area (Å²) in [7, 11) is 1.07. The second-order valence-corrected chi connectivity index (χ2v) is 3.70. The van der Waals surface area contributed by atoms with Gasteiger partial charge in [-0.05, 0) is 18.2 Å². The van der Waals surface area contributed by atoms with E-state index in [9.17, 15) is 18.7 Å². The predicted molar refractivity (Wildman–Crippen MR) is 54.1 cm³/mol. The van der Waals surface area contributed by atoms with Gasteiger partial charge in [-0.25, -0.2) is 8.78 Å². The Hall–Kier alpha value is -1.43. The maximum atomic E-state index is 13.3. The van der Waals surface area contributed by atoms with E-state index < -0.39 is 28.9 Å². The fourth-order valence-electron chi connectivity index (χ4n) is 1.02. The van der Waals surface area contributed by atoms with Crippen LogP contribution in [0.1, 0.15) is 5.56 Å². The Bertz CT molecular complexity index is 434. The lowest BCUT2D eigenvalue weighted by atomic mass is 10.1. The van der Waals surface area contributed by atoms with Gasteiger partial charge in [-0.2, -0.15) is 0 Å². The quantitative estimate of drug-likeness (QED) is 0.626. The third-order valence-electron chi connectivity index (χ3n) is 1.74. The van der Waals surface area contributed by atoms with Crippen LogP contribution in [0.5, 0.6) is 0 Å². The van der Waals surface area contributed by atoms with Crippen molar-refractivity contribution in [2.24, 2.45) is 0 Å². The van der Waals surface area contributed by atoms with E-state index in [1.165, 1.54) is 0 Å². The molecule has 0 aliphatic rings. The number of carboxylic acid groups (broad SMARTS) is 1. The zero-order valence-electron chi connectivity index (χ0n) is 8.09.